The molecule has 0 radical (unpaired) electrons. The van der Waals surface area contributed by atoms with Crippen LogP contribution in [0.15, 0.2) is 29.3 Å². The molecule has 1 fully saturated rings. The Balaban J connectivity index is 1.88. The molecule has 0 saturated carbocycles. The van der Waals surface area contributed by atoms with Gasteiger partial charge in [0, 0.05) is 17.5 Å². The van der Waals surface area contributed by atoms with Crippen LogP contribution in [0.25, 0.3) is 11.1 Å². The van der Waals surface area contributed by atoms with Crippen LogP contribution in [0.4, 0.5) is 10.2 Å². The van der Waals surface area contributed by atoms with E-state index in [1.165, 1.54) is 17.8 Å². The zero-order valence-corrected chi connectivity index (χ0v) is 11.3. The van der Waals surface area contributed by atoms with Gasteiger partial charge in [-0.2, -0.15) is 5.10 Å². The Bertz CT molecular complexity index is 610. The first-order valence-electron chi connectivity index (χ1n) is 5.97. The number of nitrogens with two attached hydrogens (primary N) is 1. The zero-order valence-electron chi connectivity index (χ0n) is 10.5. The van der Waals surface area contributed by atoms with Crippen molar-refractivity contribution in [2.45, 2.75) is 10.1 Å². The Morgan fingerprint density at radius 2 is 2.26 bits per heavy atom. The molecular weight excluding hydrogens is 265 g/mol. The molecule has 100 valence electrons. The third kappa shape index (κ3) is 2.33. The highest BCUT2D eigenvalue weighted by molar-refractivity contribution is 8.00. The summed E-state index contributed by atoms with van der Waals surface area (Å²) in [6.45, 7) is 1.39. The van der Waals surface area contributed by atoms with Gasteiger partial charge in [0.1, 0.15) is 11.6 Å². The van der Waals surface area contributed by atoms with Gasteiger partial charge >= 0.3 is 0 Å². The third-order valence-corrected chi connectivity index (χ3v) is 4.32. The molecule has 3 rings (SSSR count). The quantitative estimate of drug-likeness (QED) is 0.936. The van der Waals surface area contributed by atoms with Crippen molar-refractivity contribution in [3.63, 3.8) is 0 Å². The molecule has 6 heteroatoms. The van der Waals surface area contributed by atoms with Gasteiger partial charge in [0.2, 0.25) is 0 Å². The molecule has 0 unspecified atom stereocenters. The summed E-state index contributed by atoms with van der Waals surface area (Å²) in [5.41, 5.74) is 7.39. The zero-order chi connectivity index (χ0) is 13.4. The summed E-state index contributed by atoms with van der Waals surface area (Å²) in [5, 5.41) is 4.43. The summed E-state index contributed by atoms with van der Waals surface area (Å²) in [5.74, 6) is 0.310. The second kappa shape index (κ2) is 4.86. The number of rotatable bonds is 3. The van der Waals surface area contributed by atoms with Crippen LogP contribution in [0.1, 0.15) is 0 Å². The highest BCUT2D eigenvalue weighted by Gasteiger charge is 2.21. The van der Waals surface area contributed by atoms with E-state index >= 15 is 0 Å². The van der Waals surface area contributed by atoms with E-state index in [4.69, 9.17) is 10.5 Å². The number of thioether (sulfide) groups is 1. The fourth-order valence-electron chi connectivity index (χ4n) is 1.90. The van der Waals surface area contributed by atoms with Gasteiger partial charge in [0.25, 0.3) is 0 Å². The summed E-state index contributed by atoms with van der Waals surface area (Å²) in [4.78, 5) is 0.652. The summed E-state index contributed by atoms with van der Waals surface area (Å²) in [7, 11) is 1.76. The van der Waals surface area contributed by atoms with E-state index in [0.29, 0.717) is 29.2 Å². The van der Waals surface area contributed by atoms with Crippen LogP contribution < -0.4 is 5.73 Å². The lowest BCUT2D eigenvalue weighted by Gasteiger charge is -2.25. The van der Waals surface area contributed by atoms with E-state index in [-0.39, 0.29) is 5.82 Å². The molecule has 0 spiro atoms. The number of nitrogen functional groups attached to an aromatic ring is 1. The van der Waals surface area contributed by atoms with Crippen molar-refractivity contribution < 1.29 is 9.13 Å². The van der Waals surface area contributed by atoms with E-state index < -0.39 is 0 Å². The van der Waals surface area contributed by atoms with Crippen LogP contribution >= 0.6 is 11.8 Å². The second-order valence-electron chi connectivity index (χ2n) is 4.49. The molecule has 1 aromatic heterocycles. The lowest BCUT2D eigenvalue weighted by Crippen LogP contribution is -2.30. The largest absolute Gasteiger partial charge is 0.383 e. The molecule has 2 aromatic rings. The first kappa shape index (κ1) is 12.5. The maximum atomic E-state index is 14.1. The second-order valence-corrected chi connectivity index (χ2v) is 5.83. The number of anilines is 1. The SMILES string of the molecule is Cn1ncc(-c2ccc(SC3COC3)c(F)c2)c1N. The number of hydrogen-bond acceptors (Lipinski definition) is 4. The molecule has 1 aliphatic rings. The summed E-state index contributed by atoms with van der Waals surface area (Å²) in [6.07, 6.45) is 1.65. The molecule has 2 heterocycles. The Morgan fingerprint density at radius 1 is 1.47 bits per heavy atom. The Labute approximate surface area is 114 Å². The smallest absolute Gasteiger partial charge is 0.137 e. The van der Waals surface area contributed by atoms with Crippen molar-refractivity contribution in [3.8, 4) is 11.1 Å². The number of halogens is 1. The van der Waals surface area contributed by atoms with Gasteiger partial charge in [0.15, 0.2) is 0 Å². The predicted octanol–water partition coefficient (Wildman–Crippen LogP) is 2.30. The fraction of sp³-hybridized carbons (Fsp3) is 0.308. The summed E-state index contributed by atoms with van der Waals surface area (Å²) >= 11 is 1.52. The van der Waals surface area contributed by atoms with Gasteiger partial charge in [-0.25, -0.2) is 4.39 Å². The molecular formula is C13H14FN3OS. The molecule has 1 aliphatic heterocycles. The number of ether oxygens (including phenoxy) is 1. The molecule has 4 nitrogen and oxygen atoms in total. The predicted molar refractivity (Wildman–Crippen MR) is 73.5 cm³/mol. The maximum absolute atomic E-state index is 14.1. The van der Waals surface area contributed by atoms with Gasteiger partial charge in [-0.15, -0.1) is 11.8 Å². The number of hydrogen-bond donors (Lipinski definition) is 1. The van der Waals surface area contributed by atoms with E-state index in [2.05, 4.69) is 5.10 Å². The first-order valence-corrected chi connectivity index (χ1v) is 6.85. The molecule has 1 aromatic carbocycles. The molecule has 0 atom stereocenters. The molecule has 19 heavy (non-hydrogen) atoms. The summed E-state index contributed by atoms with van der Waals surface area (Å²) < 4.78 is 20.7. The minimum atomic E-state index is -0.224. The topological polar surface area (TPSA) is 53.1 Å². The molecule has 0 bridgehead atoms. The number of nitrogens with zero attached hydrogens (tertiary/aromatic N) is 2. The van der Waals surface area contributed by atoms with E-state index in [9.17, 15) is 4.39 Å². The van der Waals surface area contributed by atoms with Crippen molar-refractivity contribution >= 4 is 17.6 Å². The average Bonchev–Trinajstić information content (AvgIpc) is 2.66. The number of benzene rings is 1. The highest BCUT2D eigenvalue weighted by Crippen LogP contribution is 2.33. The Hall–Kier alpha value is -1.53. The van der Waals surface area contributed by atoms with Crippen LogP contribution in [-0.2, 0) is 11.8 Å². The Morgan fingerprint density at radius 3 is 2.79 bits per heavy atom. The molecule has 0 aliphatic carbocycles. The summed E-state index contributed by atoms with van der Waals surface area (Å²) in [6, 6.07) is 5.17. The Kier molecular flexibility index (Phi) is 3.20. The first-order chi connectivity index (χ1) is 9.15. The molecule has 0 amide bonds. The van der Waals surface area contributed by atoms with E-state index in [0.717, 1.165) is 11.1 Å². The van der Waals surface area contributed by atoms with Crippen molar-refractivity contribution in [1.82, 2.24) is 9.78 Å². The average molecular weight is 279 g/mol. The van der Waals surface area contributed by atoms with Crippen LogP contribution in [0, 0.1) is 5.82 Å². The fourth-order valence-corrected chi connectivity index (χ4v) is 2.90. The lowest BCUT2D eigenvalue weighted by molar-refractivity contribution is 0.0455. The minimum absolute atomic E-state index is 0.224. The van der Waals surface area contributed by atoms with Gasteiger partial charge in [-0.1, -0.05) is 6.07 Å². The van der Waals surface area contributed by atoms with Crippen LogP contribution in [0.2, 0.25) is 0 Å². The van der Waals surface area contributed by atoms with Crippen molar-refractivity contribution in [2.24, 2.45) is 7.05 Å². The van der Waals surface area contributed by atoms with Gasteiger partial charge in [0.05, 0.1) is 24.7 Å². The van der Waals surface area contributed by atoms with Crippen molar-refractivity contribution in [1.29, 1.82) is 0 Å². The normalized spacial score (nSPS) is 15.5. The maximum Gasteiger partial charge on any atom is 0.137 e. The number of aryl methyl sites for hydroxylation is 1. The van der Waals surface area contributed by atoms with Gasteiger partial charge < -0.3 is 10.5 Å². The standard InChI is InChI=1S/C13H14FN3OS/c1-17-13(15)10(5-16-17)8-2-3-12(11(14)4-8)19-9-6-18-7-9/h2-5,9H,6-7,15H2,1H3. The third-order valence-electron chi connectivity index (χ3n) is 3.13. The lowest BCUT2D eigenvalue weighted by atomic mass is 10.1. The monoisotopic (exact) mass is 279 g/mol. The molecule has 2 N–H and O–H groups in total. The molecule has 1 saturated heterocycles. The van der Waals surface area contributed by atoms with E-state index in [1.54, 1.807) is 24.0 Å². The van der Waals surface area contributed by atoms with Crippen molar-refractivity contribution in [3.05, 3.63) is 30.2 Å². The van der Waals surface area contributed by atoms with Gasteiger partial charge in [-0.3, -0.25) is 4.68 Å². The van der Waals surface area contributed by atoms with E-state index in [1.807, 2.05) is 6.07 Å². The minimum Gasteiger partial charge on any atom is -0.383 e. The van der Waals surface area contributed by atoms with Crippen LogP contribution in [-0.4, -0.2) is 28.2 Å². The van der Waals surface area contributed by atoms with Crippen LogP contribution in [0.3, 0.4) is 0 Å². The van der Waals surface area contributed by atoms with Crippen molar-refractivity contribution in [2.75, 3.05) is 18.9 Å². The number of aromatic nitrogens is 2. The van der Waals surface area contributed by atoms with Gasteiger partial charge in [-0.05, 0) is 17.7 Å². The highest BCUT2D eigenvalue weighted by atomic mass is 32.2. The van der Waals surface area contributed by atoms with Crippen LogP contribution in [0.5, 0.6) is 0 Å².